The number of rotatable bonds is 4. The molecule has 0 atom stereocenters. The summed E-state index contributed by atoms with van der Waals surface area (Å²) in [6, 6.07) is 10.5. The highest BCUT2D eigenvalue weighted by Gasteiger charge is 2.19. The van der Waals surface area contributed by atoms with Crippen molar-refractivity contribution < 1.29 is 8.78 Å². The SMILES string of the molecule is FC(F)CNC1CCN(c2ccccc2)CC1. The number of para-hydroxylation sites is 1. The Morgan fingerprint density at radius 3 is 2.41 bits per heavy atom. The van der Waals surface area contributed by atoms with Crippen molar-refractivity contribution in [2.24, 2.45) is 0 Å². The Balaban J connectivity index is 1.78. The fraction of sp³-hybridized carbons (Fsp3) is 0.538. The molecule has 1 heterocycles. The van der Waals surface area contributed by atoms with Gasteiger partial charge in [0, 0.05) is 24.8 Å². The summed E-state index contributed by atoms with van der Waals surface area (Å²) in [7, 11) is 0. The average Bonchev–Trinajstić information content (AvgIpc) is 2.38. The molecule has 0 aromatic heterocycles. The molecule has 1 fully saturated rings. The zero-order valence-electron chi connectivity index (χ0n) is 9.78. The number of hydrogen-bond donors (Lipinski definition) is 1. The van der Waals surface area contributed by atoms with E-state index in [0.717, 1.165) is 25.9 Å². The van der Waals surface area contributed by atoms with E-state index in [1.165, 1.54) is 5.69 Å². The summed E-state index contributed by atoms with van der Waals surface area (Å²) in [5.41, 5.74) is 1.22. The molecule has 17 heavy (non-hydrogen) atoms. The third kappa shape index (κ3) is 3.66. The Kier molecular flexibility index (Phi) is 4.31. The van der Waals surface area contributed by atoms with E-state index in [2.05, 4.69) is 22.3 Å². The molecule has 0 amide bonds. The number of piperidine rings is 1. The van der Waals surface area contributed by atoms with Crippen LogP contribution < -0.4 is 10.2 Å². The highest BCUT2D eigenvalue weighted by atomic mass is 19.3. The minimum Gasteiger partial charge on any atom is -0.371 e. The number of alkyl halides is 2. The molecule has 1 aromatic carbocycles. The van der Waals surface area contributed by atoms with E-state index < -0.39 is 6.43 Å². The van der Waals surface area contributed by atoms with Gasteiger partial charge in [0.05, 0.1) is 6.54 Å². The van der Waals surface area contributed by atoms with Crippen LogP contribution in [0.4, 0.5) is 14.5 Å². The number of nitrogens with one attached hydrogen (secondary N) is 1. The van der Waals surface area contributed by atoms with Crippen LogP contribution in [0.5, 0.6) is 0 Å². The quantitative estimate of drug-likeness (QED) is 0.870. The summed E-state index contributed by atoms with van der Waals surface area (Å²) in [5.74, 6) is 0. The van der Waals surface area contributed by atoms with Gasteiger partial charge in [-0.2, -0.15) is 0 Å². The monoisotopic (exact) mass is 240 g/mol. The maximum Gasteiger partial charge on any atom is 0.250 e. The van der Waals surface area contributed by atoms with Gasteiger partial charge in [0.25, 0.3) is 6.43 Å². The van der Waals surface area contributed by atoms with E-state index in [-0.39, 0.29) is 12.6 Å². The summed E-state index contributed by atoms with van der Waals surface area (Å²) >= 11 is 0. The molecule has 94 valence electrons. The molecule has 1 saturated heterocycles. The lowest BCUT2D eigenvalue weighted by Gasteiger charge is -2.34. The summed E-state index contributed by atoms with van der Waals surface area (Å²) < 4.78 is 24.1. The summed E-state index contributed by atoms with van der Waals surface area (Å²) in [6.45, 7) is 1.69. The highest BCUT2D eigenvalue weighted by Crippen LogP contribution is 2.19. The second-order valence-corrected chi connectivity index (χ2v) is 4.40. The van der Waals surface area contributed by atoms with Crippen LogP contribution in [0.25, 0.3) is 0 Å². The van der Waals surface area contributed by atoms with Crippen molar-refractivity contribution >= 4 is 5.69 Å². The molecule has 1 aliphatic rings. The number of anilines is 1. The topological polar surface area (TPSA) is 15.3 Å². The Hall–Kier alpha value is -1.16. The molecule has 4 heteroatoms. The van der Waals surface area contributed by atoms with Crippen molar-refractivity contribution in [2.45, 2.75) is 25.3 Å². The van der Waals surface area contributed by atoms with Gasteiger partial charge in [-0.1, -0.05) is 18.2 Å². The zero-order chi connectivity index (χ0) is 12.1. The van der Waals surface area contributed by atoms with Crippen molar-refractivity contribution in [1.29, 1.82) is 0 Å². The lowest BCUT2D eigenvalue weighted by atomic mass is 10.0. The molecule has 0 aliphatic carbocycles. The minimum atomic E-state index is -2.25. The zero-order valence-corrected chi connectivity index (χ0v) is 9.78. The molecule has 0 bridgehead atoms. The number of hydrogen-bond acceptors (Lipinski definition) is 2. The van der Waals surface area contributed by atoms with Gasteiger partial charge in [0.1, 0.15) is 0 Å². The van der Waals surface area contributed by atoms with Crippen LogP contribution in [0.15, 0.2) is 30.3 Å². The Morgan fingerprint density at radius 1 is 1.18 bits per heavy atom. The smallest absolute Gasteiger partial charge is 0.250 e. The van der Waals surface area contributed by atoms with E-state index in [0.29, 0.717) is 0 Å². The molecule has 0 saturated carbocycles. The van der Waals surface area contributed by atoms with Crippen molar-refractivity contribution in [3.63, 3.8) is 0 Å². The van der Waals surface area contributed by atoms with Crippen molar-refractivity contribution in [3.8, 4) is 0 Å². The van der Waals surface area contributed by atoms with Crippen LogP contribution in [0.3, 0.4) is 0 Å². The van der Waals surface area contributed by atoms with Crippen molar-refractivity contribution in [1.82, 2.24) is 5.32 Å². The third-order valence-electron chi connectivity index (χ3n) is 3.18. The normalized spacial score (nSPS) is 17.7. The maximum absolute atomic E-state index is 12.1. The minimum absolute atomic E-state index is 0.185. The molecule has 0 radical (unpaired) electrons. The molecule has 2 rings (SSSR count). The standard InChI is InChI=1S/C13H18F2N2/c14-13(15)10-16-11-6-8-17(9-7-11)12-4-2-1-3-5-12/h1-5,11,13,16H,6-10H2. The molecule has 2 nitrogen and oxygen atoms in total. The summed E-state index contributed by atoms with van der Waals surface area (Å²) in [5, 5.41) is 2.92. The van der Waals surface area contributed by atoms with E-state index in [1.807, 2.05) is 18.2 Å². The fourth-order valence-corrected chi connectivity index (χ4v) is 2.24. The lowest BCUT2D eigenvalue weighted by Crippen LogP contribution is -2.43. The van der Waals surface area contributed by atoms with E-state index in [4.69, 9.17) is 0 Å². The summed E-state index contributed by atoms with van der Waals surface area (Å²) in [6.07, 6.45) is -0.384. The van der Waals surface area contributed by atoms with Gasteiger partial charge in [0.15, 0.2) is 0 Å². The first-order chi connectivity index (χ1) is 8.25. The van der Waals surface area contributed by atoms with Gasteiger partial charge in [-0.05, 0) is 25.0 Å². The van der Waals surface area contributed by atoms with Crippen molar-refractivity contribution in [2.75, 3.05) is 24.5 Å². The molecule has 0 unspecified atom stereocenters. The maximum atomic E-state index is 12.1. The van der Waals surface area contributed by atoms with Crippen LogP contribution in [0.1, 0.15) is 12.8 Å². The lowest BCUT2D eigenvalue weighted by molar-refractivity contribution is 0.139. The first-order valence-electron chi connectivity index (χ1n) is 6.07. The number of halogens is 2. The predicted molar refractivity (Wildman–Crippen MR) is 65.7 cm³/mol. The number of benzene rings is 1. The first kappa shape index (κ1) is 12.3. The van der Waals surface area contributed by atoms with Gasteiger partial charge in [-0.15, -0.1) is 0 Å². The second kappa shape index (κ2) is 5.96. The third-order valence-corrected chi connectivity index (χ3v) is 3.18. The summed E-state index contributed by atoms with van der Waals surface area (Å²) in [4.78, 5) is 2.31. The van der Waals surface area contributed by atoms with Crippen LogP contribution in [0.2, 0.25) is 0 Å². The van der Waals surface area contributed by atoms with E-state index >= 15 is 0 Å². The average molecular weight is 240 g/mol. The Bertz CT molecular complexity index is 321. The first-order valence-corrected chi connectivity index (χ1v) is 6.07. The Morgan fingerprint density at radius 2 is 1.82 bits per heavy atom. The Labute approximate surface area is 101 Å². The molecule has 1 aliphatic heterocycles. The largest absolute Gasteiger partial charge is 0.371 e. The van der Waals surface area contributed by atoms with E-state index in [1.54, 1.807) is 0 Å². The second-order valence-electron chi connectivity index (χ2n) is 4.40. The van der Waals surface area contributed by atoms with Crippen LogP contribution in [-0.2, 0) is 0 Å². The van der Waals surface area contributed by atoms with Gasteiger partial charge in [-0.25, -0.2) is 8.78 Å². The van der Waals surface area contributed by atoms with Crippen LogP contribution in [-0.4, -0.2) is 32.1 Å². The predicted octanol–water partition coefficient (Wildman–Crippen LogP) is 2.51. The van der Waals surface area contributed by atoms with Crippen LogP contribution in [0, 0.1) is 0 Å². The van der Waals surface area contributed by atoms with Gasteiger partial charge < -0.3 is 10.2 Å². The highest BCUT2D eigenvalue weighted by molar-refractivity contribution is 5.46. The molecule has 1 N–H and O–H groups in total. The van der Waals surface area contributed by atoms with Crippen LogP contribution >= 0.6 is 0 Å². The molecular weight excluding hydrogens is 222 g/mol. The molecule has 0 spiro atoms. The fourth-order valence-electron chi connectivity index (χ4n) is 2.24. The van der Waals surface area contributed by atoms with Gasteiger partial charge in [0.2, 0.25) is 0 Å². The molecular formula is C13H18F2N2. The van der Waals surface area contributed by atoms with Gasteiger partial charge >= 0.3 is 0 Å². The number of nitrogens with zero attached hydrogens (tertiary/aromatic N) is 1. The molecule has 1 aromatic rings. The van der Waals surface area contributed by atoms with E-state index in [9.17, 15) is 8.78 Å². The van der Waals surface area contributed by atoms with Gasteiger partial charge in [-0.3, -0.25) is 0 Å². The van der Waals surface area contributed by atoms with Crippen molar-refractivity contribution in [3.05, 3.63) is 30.3 Å².